The van der Waals surface area contributed by atoms with Crippen LogP contribution in [0.4, 0.5) is 4.79 Å². The smallest absolute Gasteiger partial charge is 0.349 e. The first-order chi connectivity index (χ1) is 14.7. The molecule has 31 heavy (non-hydrogen) atoms. The van der Waals surface area contributed by atoms with E-state index in [9.17, 15) is 19.6 Å². The van der Waals surface area contributed by atoms with Gasteiger partial charge in [-0.05, 0) is 50.6 Å². The highest BCUT2D eigenvalue weighted by atomic mass is 35.5. The van der Waals surface area contributed by atoms with Crippen molar-refractivity contribution in [1.29, 1.82) is 5.26 Å². The Kier molecular flexibility index (Phi) is 8.25. The maximum Gasteiger partial charge on any atom is 0.349 e. The van der Waals surface area contributed by atoms with Crippen molar-refractivity contribution in [2.45, 2.75) is 20.8 Å². The third kappa shape index (κ3) is 5.87. The molecule has 2 aromatic rings. The highest BCUT2D eigenvalue weighted by Gasteiger charge is 2.18. The van der Waals surface area contributed by atoms with E-state index in [2.05, 4.69) is 5.32 Å². The lowest BCUT2D eigenvalue weighted by molar-refractivity contribution is -0.144. The van der Waals surface area contributed by atoms with E-state index in [1.54, 1.807) is 44.2 Å². The Morgan fingerprint density at radius 1 is 1.26 bits per heavy atom. The summed E-state index contributed by atoms with van der Waals surface area (Å²) in [6, 6.07) is 8.09. The average molecular weight is 463 g/mol. The van der Waals surface area contributed by atoms with Crippen LogP contribution >= 0.6 is 23.2 Å². The van der Waals surface area contributed by atoms with Gasteiger partial charge in [0.25, 0.3) is 5.91 Å². The molecule has 0 saturated carbocycles. The van der Waals surface area contributed by atoms with Crippen LogP contribution in [0.5, 0.6) is 0 Å². The number of urea groups is 1. The zero-order valence-corrected chi connectivity index (χ0v) is 18.6. The van der Waals surface area contributed by atoms with Gasteiger partial charge in [-0.1, -0.05) is 29.3 Å². The second-order valence-corrected chi connectivity index (χ2v) is 7.17. The molecule has 2 N–H and O–H groups in total. The molecule has 0 aliphatic rings. The predicted octanol–water partition coefficient (Wildman–Crippen LogP) is 3.70. The highest BCUT2D eigenvalue weighted by Crippen LogP contribution is 2.32. The number of nitrogens with one attached hydrogen (secondary N) is 2. The van der Waals surface area contributed by atoms with Gasteiger partial charge in [0.2, 0.25) is 0 Å². The Bertz CT molecular complexity index is 1100. The van der Waals surface area contributed by atoms with E-state index in [0.717, 1.165) is 11.4 Å². The van der Waals surface area contributed by atoms with Crippen molar-refractivity contribution < 1.29 is 19.1 Å². The second-order valence-electron chi connectivity index (χ2n) is 6.39. The first-order valence-corrected chi connectivity index (χ1v) is 9.95. The van der Waals surface area contributed by atoms with Crippen LogP contribution in [-0.4, -0.2) is 35.6 Å². The lowest BCUT2D eigenvalue weighted by atomic mass is 10.1. The Morgan fingerprint density at radius 2 is 1.97 bits per heavy atom. The van der Waals surface area contributed by atoms with Gasteiger partial charge in [-0.2, -0.15) is 5.26 Å². The number of nitrogens with zero attached hydrogens (tertiary/aromatic N) is 2. The molecule has 0 fully saturated rings. The molecule has 10 heteroatoms. The van der Waals surface area contributed by atoms with Crippen LogP contribution in [0.3, 0.4) is 0 Å². The maximum atomic E-state index is 12.2. The van der Waals surface area contributed by atoms with E-state index in [-0.39, 0.29) is 5.57 Å². The van der Waals surface area contributed by atoms with Crippen molar-refractivity contribution >= 4 is 47.2 Å². The van der Waals surface area contributed by atoms with E-state index in [1.807, 2.05) is 16.8 Å². The summed E-state index contributed by atoms with van der Waals surface area (Å²) < 4.78 is 6.68. The predicted molar refractivity (Wildman–Crippen MR) is 117 cm³/mol. The summed E-state index contributed by atoms with van der Waals surface area (Å²) in [4.78, 5) is 35.2. The fourth-order valence-corrected chi connectivity index (χ4v) is 3.22. The number of carbonyl (C=O) groups excluding carboxylic acids is 3. The second kappa shape index (κ2) is 10.7. The van der Waals surface area contributed by atoms with Crippen LogP contribution in [0.2, 0.25) is 10.0 Å². The van der Waals surface area contributed by atoms with E-state index >= 15 is 0 Å². The molecular weight excluding hydrogens is 443 g/mol. The summed E-state index contributed by atoms with van der Waals surface area (Å²) in [5, 5.41) is 14.5. The van der Waals surface area contributed by atoms with Crippen LogP contribution < -0.4 is 10.6 Å². The van der Waals surface area contributed by atoms with Gasteiger partial charge in [-0.3, -0.25) is 10.1 Å². The number of halogens is 2. The molecule has 1 aromatic carbocycles. The van der Waals surface area contributed by atoms with Crippen LogP contribution in [0, 0.1) is 25.2 Å². The van der Waals surface area contributed by atoms with Gasteiger partial charge in [0.1, 0.15) is 11.6 Å². The van der Waals surface area contributed by atoms with Crippen molar-refractivity contribution in [2.75, 3.05) is 13.2 Å². The van der Waals surface area contributed by atoms with Crippen molar-refractivity contribution in [1.82, 2.24) is 15.2 Å². The molecule has 162 valence electrons. The summed E-state index contributed by atoms with van der Waals surface area (Å²) >= 11 is 12.4. The van der Waals surface area contributed by atoms with Crippen molar-refractivity contribution in [3.05, 3.63) is 56.8 Å². The fourth-order valence-electron chi connectivity index (χ4n) is 2.84. The maximum absolute atomic E-state index is 12.2. The molecule has 1 aromatic heterocycles. The number of imide groups is 1. The molecular formula is C21H20Cl2N4O4. The normalized spacial score (nSPS) is 10.9. The fraction of sp³-hybridized carbons (Fsp3) is 0.238. The number of nitriles is 1. The standard InChI is InChI=1S/C21H20Cl2N4O4/c1-4-25-21(30)26-18(28)11-31-20(29)15(10-24)9-14-8-12(2)27(13(14)3)17-7-5-6-16(22)19(17)23/h5-9H,4,11H2,1-3H3,(H2,25,26,28,30)/b15-9+. The molecule has 2 rings (SSSR count). The molecule has 3 amide bonds. The first kappa shape index (κ1) is 24.0. The minimum Gasteiger partial charge on any atom is -0.451 e. The number of hydrogen-bond acceptors (Lipinski definition) is 5. The molecule has 0 atom stereocenters. The largest absolute Gasteiger partial charge is 0.451 e. The molecule has 0 aliphatic carbocycles. The number of esters is 1. The van der Waals surface area contributed by atoms with E-state index in [4.69, 9.17) is 27.9 Å². The van der Waals surface area contributed by atoms with Gasteiger partial charge in [-0.25, -0.2) is 9.59 Å². The molecule has 0 unspecified atom stereocenters. The summed E-state index contributed by atoms with van der Waals surface area (Å²) in [6.07, 6.45) is 1.36. The Balaban J connectivity index is 2.22. The number of ether oxygens (including phenoxy) is 1. The SMILES string of the molecule is CCNC(=O)NC(=O)COC(=O)/C(C#N)=C/c1cc(C)n(-c2cccc(Cl)c2Cl)c1C. The number of aromatic nitrogens is 1. The minimum absolute atomic E-state index is 0.303. The third-order valence-electron chi connectivity index (χ3n) is 4.21. The van der Waals surface area contributed by atoms with Crippen LogP contribution in [0.25, 0.3) is 11.8 Å². The first-order valence-electron chi connectivity index (χ1n) is 9.19. The summed E-state index contributed by atoms with van der Waals surface area (Å²) in [6.45, 7) is 4.96. The van der Waals surface area contributed by atoms with E-state index in [0.29, 0.717) is 27.8 Å². The molecule has 0 saturated heterocycles. The number of benzene rings is 1. The summed E-state index contributed by atoms with van der Waals surface area (Å²) in [7, 11) is 0. The Morgan fingerprint density at radius 3 is 2.61 bits per heavy atom. The van der Waals surface area contributed by atoms with Crippen molar-refractivity contribution in [2.24, 2.45) is 0 Å². The van der Waals surface area contributed by atoms with Crippen molar-refractivity contribution in [3.63, 3.8) is 0 Å². The highest BCUT2D eigenvalue weighted by molar-refractivity contribution is 6.43. The van der Waals surface area contributed by atoms with Gasteiger partial charge in [-0.15, -0.1) is 0 Å². The van der Waals surface area contributed by atoms with E-state index in [1.165, 1.54) is 6.08 Å². The number of hydrogen-bond donors (Lipinski definition) is 2. The molecule has 0 bridgehead atoms. The molecule has 8 nitrogen and oxygen atoms in total. The molecule has 1 heterocycles. The number of carbonyl (C=O) groups is 3. The average Bonchev–Trinajstić information content (AvgIpc) is 2.99. The Hall–Kier alpha value is -3.28. The molecule has 0 spiro atoms. The number of aryl methyl sites for hydroxylation is 1. The van der Waals surface area contributed by atoms with E-state index < -0.39 is 24.5 Å². The zero-order valence-electron chi connectivity index (χ0n) is 17.1. The van der Waals surface area contributed by atoms with Crippen LogP contribution in [0.15, 0.2) is 29.8 Å². The van der Waals surface area contributed by atoms with Crippen molar-refractivity contribution in [3.8, 4) is 11.8 Å². The Labute approximate surface area is 189 Å². The van der Waals surface area contributed by atoms with Gasteiger partial charge in [0.05, 0.1) is 15.7 Å². The lowest BCUT2D eigenvalue weighted by Crippen LogP contribution is -2.41. The zero-order chi connectivity index (χ0) is 23.1. The number of amides is 3. The van der Waals surface area contributed by atoms with Gasteiger partial charge < -0.3 is 14.6 Å². The van der Waals surface area contributed by atoms with Gasteiger partial charge in [0.15, 0.2) is 6.61 Å². The lowest BCUT2D eigenvalue weighted by Gasteiger charge is -2.12. The van der Waals surface area contributed by atoms with Gasteiger partial charge >= 0.3 is 12.0 Å². The van der Waals surface area contributed by atoms with Crippen LogP contribution in [0.1, 0.15) is 23.9 Å². The molecule has 0 radical (unpaired) electrons. The summed E-state index contributed by atoms with van der Waals surface area (Å²) in [5.74, 6) is -1.80. The van der Waals surface area contributed by atoms with Crippen LogP contribution in [-0.2, 0) is 14.3 Å². The topological polar surface area (TPSA) is 113 Å². The monoisotopic (exact) mass is 462 g/mol. The minimum atomic E-state index is -0.987. The summed E-state index contributed by atoms with van der Waals surface area (Å²) in [5.41, 5.74) is 2.47. The quantitative estimate of drug-likeness (QED) is 0.385. The number of rotatable bonds is 6. The molecule has 0 aliphatic heterocycles. The van der Waals surface area contributed by atoms with Gasteiger partial charge in [0, 0.05) is 17.9 Å². The third-order valence-corrected chi connectivity index (χ3v) is 5.02.